The molecule has 0 unspecified atom stereocenters. The van der Waals surface area contributed by atoms with Gasteiger partial charge in [0.25, 0.3) is 0 Å². The summed E-state index contributed by atoms with van der Waals surface area (Å²) in [5, 5.41) is 8.88. The van der Waals surface area contributed by atoms with Crippen molar-refractivity contribution in [1.29, 1.82) is 0 Å². The molecule has 5 nitrogen and oxygen atoms in total. The maximum atomic E-state index is 11.6. The van der Waals surface area contributed by atoms with E-state index in [-0.39, 0.29) is 12.4 Å². The highest BCUT2D eigenvalue weighted by Gasteiger charge is 2.36. The second kappa shape index (κ2) is 5.39. The summed E-state index contributed by atoms with van der Waals surface area (Å²) in [7, 11) is 0. The van der Waals surface area contributed by atoms with Crippen LogP contribution in [0.3, 0.4) is 0 Å². The van der Waals surface area contributed by atoms with Crippen LogP contribution < -0.4 is 0 Å². The second-order valence-corrected chi connectivity index (χ2v) is 4.67. The molecule has 16 heavy (non-hydrogen) atoms. The van der Waals surface area contributed by atoms with E-state index in [0.717, 1.165) is 6.42 Å². The zero-order valence-electron chi connectivity index (χ0n) is 9.73. The molecule has 0 radical (unpaired) electrons. The van der Waals surface area contributed by atoms with Gasteiger partial charge in [0, 0.05) is 6.54 Å². The molecule has 0 spiro atoms. The smallest absolute Gasteiger partial charge is 0.411 e. The third-order valence-corrected chi connectivity index (χ3v) is 2.17. The van der Waals surface area contributed by atoms with Crippen LogP contribution in [0.15, 0.2) is 0 Å². The zero-order chi connectivity index (χ0) is 11.6. The van der Waals surface area contributed by atoms with Gasteiger partial charge < -0.3 is 9.84 Å². The molecule has 0 aromatic rings. The molecule has 0 saturated carbocycles. The van der Waals surface area contributed by atoms with E-state index < -0.39 is 23.7 Å². The number of ether oxygens (including phenoxy) is 1. The van der Waals surface area contributed by atoms with Gasteiger partial charge >= 0.3 is 12.1 Å². The Morgan fingerprint density at radius 3 is 2.38 bits per heavy atom. The number of carboxylic acids is 1. The van der Waals surface area contributed by atoms with Crippen LogP contribution in [0, 0.1) is 0 Å². The predicted molar refractivity (Wildman–Crippen MR) is 60.8 cm³/mol. The van der Waals surface area contributed by atoms with E-state index in [1.165, 1.54) is 4.90 Å². The summed E-state index contributed by atoms with van der Waals surface area (Å²) in [6.45, 7) is 5.75. The van der Waals surface area contributed by atoms with E-state index in [0.29, 0.717) is 13.0 Å². The van der Waals surface area contributed by atoms with Gasteiger partial charge in [-0.25, -0.2) is 9.59 Å². The van der Waals surface area contributed by atoms with E-state index in [1.54, 1.807) is 20.8 Å². The molecule has 1 amide bonds. The summed E-state index contributed by atoms with van der Waals surface area (Å²) in [5.74, 6) is -0.960. The lowest BCUT2D eigenvalue weighted by molar-refractivity contribution is -0.142. The molecule has 1 fully saturated rings. The molecular weight excluding hydrogens is 234 g/mol. The predicted octanol–water partition coefficient (Wildman–Crippen LogP) is 1.89. The maximum absolute atomic E-state index is 11.6. The van der Waals surface area contributed by atoms with Gasteiger partial charge in [-0.3, -0.25) is 4.90 Å². The summed E-state index contributed by atoms with van der Waals surface area (Å²) < 4.78 is 5.13. The molecule has 0 bridgehead atoms. The van der Waals surface area contributed by atoms with E-state index >= 15 is 0 Å². The van der Waals surface area contributed by atoms with Gasteiger partial charge in [0.2, 0.25) is 0 Å². The number of likely N-dealkylation sites (tertiary alicyclic amines) is 1. The summed E-state index contributed by atoms with van der Waals surface area (Å²) in [5.41, 5.74) is -0.581. The van der Waals surface area contributed by atoms with Gasteiger partial charge in [0.15, 0.2) is 0 Å². The van der Waals surface area contributed by atoms with Gasteiger partial charge in [-0.15, -0.1) is 12.4 Å². The number of carbonyl (C=O) groups is 2. The molecule has 1 atom stereocenters. The Morgan fingerprint density at radius 2 is 1.94 bits per heavy atom. The van der Waals surface area contributed by atoms with Crippen LogP contribution in [0.25, 0.3) is 0 Å². The Balaban J connectivity index is 0.00000225. The van der Waals surface area contributed by atoms with Crippen LogP contribution in [0.2, 0.25) is 0 Å². The molecule has 94 valence electrons. The second-order valence-electron chi connectivity index (χ2n) is 4.67. The third kappa shape index (κ3) is 3.89. The van der Waals surface area contributed by atoms with E-state index in [9.17, 15) is 9.59 Å². The minimum Gasteiger partial charge on any atom is -0.480 e. The number of nitrogens with zero attached hydrogens (tertiary/aromatic N) is 1. The lowest BCUT2D eigenvalue weighted by Crippen LogP contribution is -2.43. The van der Waals surface area contributed by atoms with Crippen molar-refractivity contribution in [2.24, 2.45) is 0 Å². The summed E-state index contributed by atoms with van der Waals surface area (Å²) in [6.07, 6.45) is 0.692. The van der Waals surface area contributed by atoms with Gasteiger partial charge in [0.1, 0.15) is 11.6 Å². The molecule has 0 aliphatic carbocycles. The highest BCUT2D eigenvalue weighted by molar-refractivity contribution is 5.85. The first-order valence-corrected chi connectivity index (χ1v) is 5.04. The van der Waals surface area contributed by atoms with Crippen molar-refractivity contribution < 1.29 is 19.4 Å². The lowest BCUT2D eigenvalue weighted by atomic mass is 10.2. The Hall–Kier alpha value is -0.970. The number of aliphatic carboxylic acids is 1. The third-order valence-electron chi connectivity index (χ3n) is 2.17. The van der Waals surface area contributed by atoms with Crippen LogP contribution in [0.4, 0.5) is 4.79 Å². The summed E-state index contributed by atoms with van der Waals surface area (Å²) in [6, 6.07) is -0.722. The highest BCUT2D eigenvalue weighted by Crippen LogP contribution is 2.20. The molecule has 0 aromatic carbocycles. The van der Waals surface area contributed by atoms with Crippen LogP contribution in [-0.4, -0.2) is 40.3 Å². The molecule has 1 rings (SSSR count). The van der Waals surface area contributed by atoms with Gasteiger partial charge in [-0.2, -0.15) is 0 Å². The Morgan fingerprint density at radius 1 is 1.38 bits per heavy atom. The topological polar surface area (TPSA) is 66.8 Å². The highest BCUT2D eigenvalue weighted by atomic mass is 35.5. The molecule has 1 heterocycles. The molecule has 6 heteroatoms. The fourth-order valence-corrected chi connectivity index (χ4v) is 1.56. The van der Waals surface area contributed by atoms with Crippen LogP contribution in [0.1, 0.15) is 33.6 Å². The van der Waals surface area contributed by atoms with Crippen LogP contribution >= 0.6 is 12.4 Å². The lowest BCUT2D eigenvalue weighted by Gasteiger charge is -2.26. The fraction of sp³-hybridized carbons (Fsp3) is 0.800. The number of carbonyl (C=O) groups excluding carboxylic acids is 1. The van der Waals surface area contributed by atoms with Gasteiger partial charge in [-0.1, -0.05) is 0 Å². The number of rotatable bonds is 1. The fourth-order valence-electron chi connectivity index (χ4n) is 1.56. The minimum absolute atomic E-state index is 0. The first kappa shape index (κ1) is 15.0. The van der Waals surface area contributed by atoms with E-state index in [2.05, 4.69) is 0 Å². The van der Waals surface area contributed by atoms with Crippen LogP contribution in [-0.2, 0) is 9.53 Å². The van der Waals surface area contributed by atoms with Crippen LogP contribution in [0.5, 0.6) is 0 Å². The minimum atomic E-state index is -0.960. The van der Waals surface area contributed by atoms with E-state index in [1.807, 2.05) is 0 Å². The molecule has 1 saturated heterocycles. The molecular formula is C10H18ClNO4. The van der Waals surface area contributed by atoms with Gasteiger partial charge in [0.05, 0.1) is 0 Å². The number of amides is 1. The largest absolute Gasteiger partial charge is 0.480 e. The van der Waals surface area contributed by atoms with Crippen molar-refractivity contribution >= 4 is 24.5 Å². The summed E-state index contributed by atoms with van der Waals surface area (Å²) in [4.78, 5) is 23.7. The maximum Gasteiger partial charge on any atom is 0.411 e. The van der Waals surface area contributed by atoms with Crippen molar-refractivity contribution in [1.82, 2.24) is 4.90 Å². The normalized spacial score (nSPS) is 20.2. The van der Waals surface area contributed by atoms with Gasteiger partial charge in [-0.05, 0) is 33.6 Å². The SMILES string of the molecule is CC(C)(C)OC(=O)N1CCC[C@H]1C(=O)O.Cl. The molecule has 0 aromatic heterocycles. The zero-order valence-corrected chi connectivity index (χ0v) is 10.5. The number of hydrogen-bond donors (Lipinski definition) is 1. The first-order chi connectivity index (χ1) is 6.81. The number of halogens is 1. The Kier molecular flexibility index (Phi) is 5.06. The van der Waals surface area contributed by atoms with Crippen molar-refractivity contribution in [2.45, 2.75) is 45.3 Å². The number of carboxylic acid groups (broad SMARTS) is 1. The average Bonchev–Trinajstić information content (AvgIpc) is 2.47. The van der Waals surface area contributed by atoms with Crippen molar-refractivity contribution in [3.63, 3.8) is 0 Å². The number of hydrogen-bond acceptors (Lipinski definition) is 3. The Bertz CT molecular complexity index is 274. The average molecular weight is 252 g/mol. The summed E-state index contributed by atoms with van der Waals surface area (Å²) >= 11 is 0. The molecule has 1 aliphatic rings. The molecule has 1 N–H and O–H groups in total. The van der Waals surface area contributed by atoms with Crippen molar-refractivity contribution in [3.05, 3.63) is 0 Å². The first-order valence-electron chi connectivity index (χ1n) is 5.04. The standard InChI is InChI=1S/C10H17NO4.ClH/c1-10(2,3)15-9(14)11-6-4-5-7(11)8(12)13;/h7H,4-6H2,1-3H3,(H,12,13);1H/t7-;/m0./s1. The molecule has 1 aliphatic heterocycles. The van der Waals surface area contributed by atoms with Crippen molar-refractivity contribution in [2.75, 3.05) is 6.54 Å². The van der Waals surface area contributed by atoms with E-state index in [4.69, 9.17) is 9.84 Å². The Labute approximate surface area is 101 Å². The monoisotopic (exact) mass is 251 g/mol. The quantitative estimate of drug-likeness (QED) is 0.773. The van der Waals surface area contributed by atoms with Crippen molar-refractivity contribution in [3.8, 4) is 0 Å².